The lowest BCUT2D eigenvalue weighted by molar-refractivity contribution is 0.0937. The first-order valence-electron chi connectivity index (χ1n) is 6.77. The molecule has 0 bridgehead atoms. The van der Waals surface area contributed by atoms with Gasteiger partial charge in [-0.25, -0.2) is 10.8 Å². The summed E-state index contributed by atoms with van der Waals surface area (Å²) < 4.78 is 0. The van der Waals surface area contributed by atoms with Gasteiger partial charge in [-0.1, -0.05) is 39.3 Å². The van der Waals surface area contributed by atoms with Crippen molar-refractivity contribution < 1.29 is 4.79 Å². The zero-order valence-electron chi connectivity index (χ0n) is 12.4. The minimum atomic E-state index is -0.172. The second-order valence-electron chi connectivity index (χ2n) is 5.56. The third-order valence-electron chi connectivity index (χ3n) is 3.45. The first-order chi connectivity index (χ1) is 9.36. The van der Waals surface area contributed by atoms with Gasteiger partial charge in [-0.15, -0.1) is 0 Å². The Morgan fingerprint density at radius 2 is 1.95 bits per heavy atom. The minimum absolute atomic E-state index is 0.172. The molecule has 1 aromatic heterocycles. The van der Waals surface area contributed by atoms with Crippen molar-refractivity contribution in [1.82, 2.24) is 10.3 Å². The highest BCUT2D eigenvalue weighted by Crippen LogP contribution is 2.21. The predicted molar refractivity (Wildman–Crippen MR) is 82.6 cm³/mol. The zero-order valence-corrected chi connectivity index (χ0v) is 13.2. The van der Waals surface area contributed by atoms with Crippen LogP contribution >= 0.6 is 11.6 Å². The van der Waals surface area contributed by atoms with Crippen molar-refractivity contribution in [3.05, 3.63) is 22.8 Å². The topological polar surface area (TPSA) is 80.0 Å². The fraction of sp³-hybridized carbons (Fsp3) is 0.571. The Morgan fingerprint density at radius 3 is 2.40 bits per heavy atom. The fourth-order valence-corrected chi connectivity index (χ4v) is 2.44. The van der Waals surface area contributed by atoms with Crippen LogP contribution in [-0.4, -0.2) is 17.4 Å². The number of rotatable bonds is 6. The van der Waals surface area contributed by atoms with Crippen molar-refractivity contribution in [3.8, 4) is 0 Å². The molecule has 6 heteroatoms. The van der Waals surface area contributed by atoms with Gasteiger partial charge in [0.25, 0.3) is 5.91 Å². The number of carbonyl (C=O) groups is 1. The summed E-state index contributed by atoms with van der Waals surface area (Å²) in [5.74, 6) is 6.89. The molecule has 0 aromatic carbocycles. The van der Waals surface area contributed by atoms with Gasteiger partial charge in [-0.05, 0) is 23.8 Å². The highest BCUT2D eigenvalue weighted by Gasteiger charge is 2.19. The summed E-state index contributed by atoms with van der Waals surface area (Å²) >= 11 is 5.95. The average Bonchev–Trinajstić information content (AvgIpc) is 2.37. The van der Waals surface area contributed by atoms with E-state index in [2.05, 4.69) is 43.4 Å². The third kappa shape index (κ3) is 4.35. The lowest BCUT2D eigenvalue weighted by Gasteiger charge is -2.25. The van der Waals surface area contributed by atoms with Crippen LogP contribution in [0.5, 0.6) is 0 Å². The van der Waals surface area contributed by atoms with E-state index in [0.29, 0.717) is 40.7 Å². The molecule has 4 N–H and O–H groups in total. The summed E-state index contributed by atoms with van der Waals surface area (Å²) in [6, 6.07) is 1.55. The molecule has 112 valence electrons. The number of nitrogens with two attached hydrogens (primary N) is 1. The molecule has 1 amide bonds. The van der Waals surface area contributed by atoms with Crippen LogP contribution in [0.3, 0.4) is 0 Å². The Balaban J connectivity index is 2.69. The monoisotopic (exact) mass is 298 g/mol. The van der Waals surface area contributed by atoms with Gasteiger partial charge >= 0.3 is 0 Å². The molecule has 1 aromatic rings. The van der Waals surface area contributed by atoms with E-state index < -0.39 is 0 Å². The number of pyridine rings is 1. The molecular formula is C14H23ClN4O. The maximum atomic E-state index is 12.1. The molecule has 5 nitrogen and oxygen atoms in total. The molecule has 0 saturated carbocycles. The molecule has 0 spiro atoms. The number of hydrazine groups is 1. The molecule has 0 aliphatic carbocycles. The number of hydrogen-bond donors (Lipinski definition) is 3. The molecule has 1 rings (SSSR count). The molecular weight excluding hydrogens is 276 g/mol. The summed E-state index contributed by atoms with van der Waals surface area (Å²) in [7, 11) is 0. The van der Waals surface area contributed by atoms with Crippen LogP contribution in [0.15, 0.2) is 12.3 Å². The number of aromatic nitrogens is 1. The van der Waals surface area contributed by atoms with Gasteiger partial charge in [0.2, 0.25) is 0 Å². The van der Waals surface area contributed by atoms with Crippen molar-refractivity contribution in [3.63, 3.8) is 0 Å². The standard InChI is InChI=1S/C14H23ClN4O/c1-8(2)11(9(3)4)7-18-14(20)10-5-12(15)13(19-16)17-6-10/h5-6,8-9,11H,7,16H2,1-4H3,(H,17,19)(H,18,20). The number of halogens is 1. The molecule has 0 unspecified atom stereocenters. The van der Waals surface area contributed by atoms with Gasteiger partial charge in [0.1, 0.15) is 0 Å². The van der Waals surface area contributed by atoms with Crippen LogP contribution in [-0.2, 0) is 0 Å². The first kappa shape index (κ1) is 16.7. The van der Waals surface area contributed by atoms with E-state index in [1.165, 1.54) is 6.20 Å². The fourth-order valence-electron chi connectivity index (χ4n) is 2.22. The summed E-state index contributed by atoms with van der Waals surface area (Å²) in [6.07, 6.45) is 1.45. The van der Waals surface area contributed by atoms with Crippen molar-refractivity contribution in [2.75, 3.05) is 12.0 Å². The van der Waals surface area contributed by atoms with Gasteiger partial charge in [0.15, 0.2) is 5.82 Å². The molecule has 20 heavy (non-hydrogen) atoms. The molecule has 0 saturated heterocycles. The maximum Gasteiger partial charge on any atom is 0.252 e. The molecule has 0 radical (unpaired) electrons. The van der Waals surface area contributed by atoms with E-state index in [4.69, 9.17) is 17.4 Å². The number of carbonyl (C=O) groups excluding carboxylic acids is 1. The minimum Gasteiger partial charge on any atom is -0.352 e. The van der Waals surface area contributed by atoms with Crippen LogP contribution in [0.2, 0.25) is 5.02 Å². The van der Waals surface area contributed by atoms with Crippen LogP contribution in [0.4, 0.5) is 5.82 Å². The van der Waals surface area contributed by atoms with Gasteiger partial charge in [-0.3, -0.25) is 4.79 Å². The van der Waals surface area contributed by atoms with Gasteiger partial charge < -0.3 is 10.7 Å². The largest absolute Gasteiger partial charge is 0.352 e. The van der Waals surface area contributed by atoms with E-state index >= 15 is 0 Å². The summed E-state index contributed by atoms with van der Waals surface area (Å²) in [5.41, 5.74) is 2.80. The molecule has 0 aliphatic heterocycles. The van der Waals surface area contributed by atoms with Gasteiger partial charge in [-0.2, -0.15) is 0 Å². The quantitative estimate of drug-likeness (QED) is 0.557. The Morgan fingerprint density at radius 1 is 1.35 bits per heavy atom. The lowest BCUT2D eigenvalue weighted by atomic mass is 9.85. The van der Waals surface area contributed by atoms with Crippen LogP contribution in [0.1, 0.15) is 38.1 Å². The highest BCUT2D eigenvalue weighted by atomic mass is 35.5. The summed E-state index contributed by atoms with van der Waals surface area (Å²) in [5, 5.41) is 3.26. The Hall–Kier alpha value is -1.33. The van der Waals surface area contributed by atoms with Crippen molar-refractivity contribution >= 4 is 23.3 Å². The highest BCUT2D eigenvalue weighted by molar-refractivity contribution is 6.33. The van der Waals surface area contributed by atoms with Crippen molar-refractivity contribution in [2.24, 2.45) is 23.6 Å². The second kappa shape index (κ2) is 7.45. The maximum absolute atomic E-state index is 12.1. The van der Waals surface area contributed by atoms with Gasteiger partial charge in [0.05, 0.1) is 10.6 Å². The normalized spacial score (nSPS) is 11.2. The van der Waals surface area contributed by atoms with Crippen LogP contribution in [0.25, 0.3) is 0 Å². The number of nitrogens with zero attached hydrogens (tertiary/aromatic N) is 1. The summed E-state index contributed by atoms with van der Waals surface area (Å²) in [6.45, 7) is 9.30. The predicted octanol–water partition coefficient (Wildman–Crippen LogP) is 2.68. The van der Waals surface area contributed by atoms with Gasteiger partial charge in [0, 0.05) is 12.7 Å². The van der Waals surface area contributed by atoms with E-state index in [1.807, 2.05) is 0 Å². The Bertz CT molecular complexity index is 454. The first-order valence-corrected chi connectivity index (χ1v) is 7.15. The number of anilines is 1. The van der Waals surface area contributed by atoms with Crippen LogP contribution < -0.4 is 16.6 Å². The SMILES string of the molecule is CC(C)C(CNC(=O)c1cnc(NN)c(Cl)c1)C(C)C. The number of nitrogens with one attached hydrogen (secondary N) is 2. The Kier molecular flexibility index (Phi) is 6.23. The number of nitrogen functional groups attached to an aromatic ring is 1. The average molecular weight is 299 g/mol. The third-order valence-corrected chi connectivity index (χ3v) is 3.74. The number of amides is 1. The van der Waals surface area contributed by atoms with E-state index in [-0.39, 0.29) is 5.91 Å². The molecule has 0 atom stereocenters. The lowest BCUT2D eigenvalue weighted by Crippen LogP contribution is -2.34. The van der Waals surface area contributed by atoms with E-state index in [1.54, 1.807) is 6.07 Å². The smallest absolute Gasteiger partial charge is 0.252 e. The van der Waals surface area contributed by atoms with Crippen LogP contribution in [0, 0.1) is 17.8 Å². The summed E-state index contributed by atoms with van der Waals surface area (Å²) in [4.78, 5) is 16.1. The second-order valence-corrected chi connectivity index (χ2v) is 5.97. The van der Waals surface area contributed by atoms with Crippen molar-refractivity contribution in [2.45, 2.75) is 27.7 Å². The zero-order chi connectivity index (χ0) is 15.3. The van der Waals surface area contributed by atoms with Crippen molar-refractivity contribution in [1.29, 1.82) is 0 Å². The molecule has 0 aliphatic rings. The molecule has 1 heterocycles. The molecule has 0 fully saturated rings. The van der Waals surface area contributed by atoms with E-state index in [0.717, 1.165) is 0 Å². The Labute approximate surface area is 125 Å². The van der Waals surface area contributed by atoms with E-state index in [9.17, 15) is 4.79 Å². The number of hydrogen-bond acceptors (Lipinski definition) is 4.